The molecular weight excluding hydrogens is 274 g/mol. The van der Waals surface area contributed by atoms with Crippen molar-refractivity contribution in [2.24, 2.45) is 0 Å². The van der Waals surface area contributed by atoms with E-state index in [1.807, 2.05) is 24.3 Å². The first kappa shape index (κ1) is 12.9. The zero-order valence-electron chi connectivity index (χ0n) is 10.9. The monoisotopic (exact) mass is 289 g/mol. The molecule has 6 heteroatoms. The molecule has 3 rings (SSSR count). The smallest absolute Gasteiger partial charge is 0.265 e. The zero-order chi connectivity index (χ0) is 14.2. The Bertz CT molecular complexity index is 726. The van der Waals surface area contributed by atoms with Crippen LogP contribution in [0.1, 0.15) is 12.0 Å². The largest absolute Gasteiger partial charge is 0.384 e. The third-order valence-corrected chi connectivity index (χ3v) is 5.21. The number of nitrogens with two attached hydrogens (primary N) is 1. The summed E-state index contributed by atoms with van der Waals surface area (Å²) >= 11 is 0. The lowest BCUT2D eigenvalue weighted by Crippen LogP contribution is -2.35. The first-order valence-electron chi connectivity index (χ1n) is 6.41. The summed E-state index contributed by atoms with van der Waals surface area (Å²) < 4.78 is 26.9. The lowest BCUT2D eigenvalue weighted by atomic mass is 10.0. The lowest BCUT2D eigenvalue weighted by Gasteiger charge is -2.30. The number of nitrogens with zero attached hydrogens (tertiary/aromatic N) is 2. The maximum atomic E-state index is 12.7. The molecule has 0 bridgehead atoms. The van der Waals surface area contributed by atoms with Crippen molar-refractivity contribution in [2.45, 2.75) is 17.7 Å². The highest BCUT2D eigenvalue weighted by atomic mass is 32.2. The molecular formula is C14H15N3O2S. The Morgan fingerprint density at radius 1 is 1.15 bits per heavy atom. The van der Waals surface area contributed by atoms with E-state index in [-0.39, 0.29) is 4.90 Å². The van der Waals surface area contributed by atoms with Gasteiger partial charge in [0.2, 0.25) is 0 Å². The molecule has 0 saturated carbocycles. The van der Waals surface area contributed by atoms with Gasteiger partial charge < -0.3 is 5.73 Å². The van der Waals surface area contributed by atoms with Crippen molar-refractivity contribution >= 4 is 21.5 Å². The van der Waals surface area contributed by atoms with Gasteiger partial charge >= 0.3 is 0 Å². The van der Waals surface area contributed by atoms with Crippen LogP contribution in [0.4, 0.5) is 11.5 Å². The van der Waals surface area contributed by atoms with Crippen LogP contribution < -0.4 is 10.0 Å². The molecule has 0 unspecified atom stereocenters. The second kappa shape index (κ2) is 4.79. The molecule has 2 N–H and O–H groups in total. The number of sulfonamides is 1. The minimum atomic E-state index is -3.58. The van der Waals surface area contributed by atoms with E-state index in [9.17, 15) is 8.42 Å². The molecule has 104 valence electrons. The normalized spacial score (nSPS) is 14.9. The van der Waals surface area contributed by atoms with E-state index < -0.39 is 10.0 Å². The number of pyridine rings is 1. The molecule has 0 saturated heterocycles. The van der Waals surface area contributed by atoms with Crippen molar-refractivity contribution in [2.75, 3.05) is 16.6 Å². The van der Waals surface area contributed by atoms with Crippen LogP contribution in [-0.4, -0.2) is 19.9 Å². The van der Waals surface area contributed by atoms with E-state index in [0.717, 1.165) is 24.1 Å². The van der Waals surface area contributed by atoms with Gasteiger partial charge in [-0.05, 0) is 36.6 Å². The molecule has 0 aliphatic carbocycles. The standard InChI is InChI=1S/C14H15N3O2S/c15-14-8-7-12(10-16-14)20(18,19)17-9-3-5-11-4-1-2-6-13(11)17/h1-2,4,6-8,10H,3,5,9H2,(H2,15,16). The third kappa shape index (κ3) is 2.12. The Morgan fingerprint density at radius 3 is 2.70 bits per heavy atom. The number of aryl methyl sites for hydroxylation is 1. The summed E-state index contributed by atoms with van der Waals surface area (Å²) in [5.41, 5.74) is 7.33. The Balaban J connectivity index is 2.07. The van der Waals surface area contributed by atoms with Gasteiger partial charge in [-0.25, -0.2) is 13.4 Å². The molecule has 20 heavy (non-hydrogen) atoms. The summed E-state index contributed by atoms with van der Waals surface area (Å²) in [6.45, 7) is 0.490. The minimum absolute atomic E-state index is 0.170. The van der Waals surface area contributed by atoms with E-state index in [0.29, 0.717) is 12.4 Å². The fourth-order valence-corrected chi connectivity index (χ4v) is 3.91. The molecule has 0 fully saturated rings. The van der Waals surface area contributed by atoms with Gasteiger partial charge in [-0.3, -0.25) is 4.31 Å². The van der Waals surface area contributed by atoms with Crippen molar-refractivity contribution in [3.63, 3.8) is 0 Å². The van der Waals surface area contributed by atoms with E-state index in [2.05, 4.69) is 4.98 Å². The fourth-order valence-electron chi connectivity index (χ4n) is 2.42. The van der Waals surface area contributed by atoms with Crippen LogP contribution in [-0.2, 0) is 16.4 Å². The number of nitrogen functional groups attached to an aromatic ring is 1. The van der Waals surface area contributed by atoms with Crippen molar-refractivity contribution in [1.29, 1.82) is 0 Å². The molecule has 0 amide bonds. The summed E-state index contributed by atoms with van der Waals surface area (Å²) in [6.07, 6.45) is 3.03. The Labute approximate surface area is 118 Å². The number of rotatable bonds is 2. The predicted molar refractivity (Wildman–Crippen MR) is 77.9 cm³/mol. The van der Waals surface area contributed by atoms with Gasteiger partial charge in [-0.2, -0.15) is 0 Å². The predicted octanol–water partition coefficient (Wildman–Crippen LogP) is 1.81. The second-order valence-electron chi connectivity index (χ2n) is 4.73. The van der Waals surface area contributed by atoms with Crippen molar-refractivity contribution < 1.29 is 8.42 Å². The highest BCUT2D eigenvalue weighted by molar-refractivity contribution is 7.92. The maximum Gasteiger partial charge on any atom is 0.265 e. The van der Waals surface area contributed by atoms with Gasteiger partial charge in [0.25, 0.3) is 10.0 Å². The molecule has 1 aromatic carbocycles. The topological polar surface area (TPSA) is 76.3 Å². The van der Waals surface area contributed by atoms with Crippen molar-refractivity contribution in [1.82, 2.24) is 4.98 Å². The summed E-state index contributed by atoms with van der Waals surface area (Å²) in [6, 6.07) is 10.6. The van der Waals surface area contributed by atoms with Gasteiger partial charge in [-0.1, -0.05) is 18.2 Å². The third-order valence-electron chi connectivity index (χ3n) is 3.41. The van der Waals surface area contributed by atoms with E-state index in [4.69, 9.17) is 5.73 Å². The van der Waals surface area contributed by atoms with Crippen LogP contribution in [0.5, 0.6) is 0 Å². The van der Waals surface area contributed by atoms with E-state index >= 15 is 0 Å². The number of hydrogen-bond donors (Lipinski definition) is 1. The van der Waals surface area contributed by atoms with Gasteiger partial charge in [0.05, 0.1) is 5.69 Å². The Kier molecular flexibility index (Phi) is 3.10. The van der Waals surface area contributed by atoms with Crippen LogP contribution in [0, 0.1) is 0 Å². The number of anilines is 2. The molecule has 0 spiro atoms. The zero-order valence-corrected chi connectivity index (χ0v) is 11.7. The van der Waals surface area contributed by atoms with Crippen LogP contribution >= 0.6 is 0 Å². The number of para-hydroxylation sites is 1. The van der Waals surface area contributed by atoms with Crippen molar-refractivity contribution in [3.05, 3.63) is 48.2 Å². The summed E-state index contributed by atoms with van der Waals surface area (Å²) in [7, 11) is -3.58. The van der Waals surface area contributed by atoms with Crippen LogP contribution in [0.2, 0.25) is 0 Å². The Hall–Kier alpha value is -2.08. The number of fused-ring (bicyclic) bond motifs is 1. The molecule has 1 aromatic heterocycles. The van der Waals surface area contributed by atoms with E-state index in [1.54, 1.807) is 0 Å². The average Bonchev–Trinajstić information content (AvgIpc) is 2.47. The van der Waals surface area contributed by atoms with Gasteiger partial charge in [0.15, 0.2) is 0 Å². The molecule has 0 atom stereocenters. The van der Waals surface area contributed by atoms with Crippen molar-refractivity contribution in [3.8, 4) is 0 Å². The SMILES string of the molecule is Nc1ccc(S(=O)(=O)N2CCCc3ccccc32)cn1. The van der Waals surface area contributed by atoms with Gasteiger partial charge in [0, 0.05) is 12.7 Å². The fraction of sp³-hybridized carbons (Fsp3) is 0.214. The number of benzene rings is 1. The first-order valence-corrected chi connectivity index (χ1v) is 7.85. The lowest BCUT2D eigenvalue weighted by molar-refractivity contribution is 0.586. The average molecular weight is 289 g/mol. The van der Waals surface area contributed by atoms with E-state index in [1.165, 1.54) is 22.6 Å². The highest BCUT2D eigenvalue weighted by Gasteiger charge is 2.28. The van der Waals surface area contributed by atoms with Gasteiger partial charge in [-0.15, -0.1) is 0 Å². The second-order valence-corrected chi connectivity index (χ2v) is 6.59. The molecule has 5 nitrogen and oxygen atoms in total. The molecule has 0 radical (unpaired) electrons. The summed E-state index contributed by atoms with van der Waals surface area (Å²) in [5, 5.41) is 0. The van der Waals surface area contributed by atoms with Crippen LogP contribution in [0.15, 0.2) is 47.5 Å². The molecule has 2 heterocycles. The molecule has 1 aliphatic rings. The Morgan fingerprint density at radius 2 is 1.95 bits per heavy atom. The molecule has 1 aliphatic heterocycles. The molecule has 2 aromatic rings. The number of hydrogen-bond acceptors (Lipinski definition) is 4. The minimum Gasteiger partial charge on any atom is -0.384 e. The maximum absolute atomic E-state index is 12.7. The first-order chi connectivity index (χ1) is 9.59. The summed E-state index contributed by atoms with van der Waals surface area (Å²) in [5.74, 6) is 0.308. The summed E-state index contributed by atoms with van der Waals surface area (Å²) in [4.78, 5) is 4.04. The number of aromatic nitrogens is 1. The van der Waals surface area contributed by atoms with Crippen LogP contribution in [0.3, 0.4) is 0 Å². The highest BCUT2D eigenvalue weighted by Crippen LogP contribution is 2.31. The van der Waals surface area contributed by atoms with Gasteiger partial charge in [0.1, 0.15) is 10.7 Å². The van der Waals surface area contributed by atoms with Crippen LogP contribution in [0.25, 0.3) is 0 Å². The quantitative estimate of drug-likeness (QED) is 0.914.